The largest absolute Gasteiger partial charge is 0.611 e. The molecule has 0 radical (unpaired) electrons. The van der Waals surface area contributed by atoms with Crippen molar-refractivity contribution in [2.24, 2.45) is 0 Å². The summed E-state index contributed by atoms with van der Waals surface area (Å²) >= 11 is -1.35. The number of aliphatic hydroxyl groups is 1. The van der Waals surface area contributed by atoms with E-state index in [-0.39, 0.29) is 18.3 Å². The highest BCUT2D eigenvalue weighted by Gasteiger charge is 2.43. The Morgan fingerprint density at radius 1 is 1.00 bits per heavy atom. The van der Waals surface area contributed by atoms with E-state index in [4.69, 9.17) is 4.74 Å². The van der Waals surface area contributed by atoms with Crippen LogP contribution in [-0.2, 0) is 27.3 Å². The lowest BCUT2D eigenvalue weighted by Gasteiger charge is -2.33. The molecule has 7 nitrogen and oxygen atoms in total. The predicted octanol–water partition coefficient (Wildman–Crippen LogP) is 2.95. The second-order valence-electron chi connectivity index (χ2n) is 8.53. The van der Waals surface area contributed by atoms with E-state index in [2.05, 4.69) is 0 Å². The zero-order valence-corrected chi connectivity index (χ0v) is 19.4. The quantitative estimate of drug-likeness (QED) is 0.628. The predicted molar refractivity (Wildman–Crippen MR) is 125 cm³/mol. The molecular weight excluding hydrogens is 440 g/mol. The van der Waals surface area contributed by atoms with Crippen LogP contribution >= 0.6 is 0 Å². The summed E-state index contributed by atoms with van der Waals surface area (Å²) in [5.41, 5.74) is 0.891. The second-order valence-corrected chi connectivity index (χ2v) is 10.0. The highest BCUT2D eigenvalue weighted by Crippen LogP contribution is 2.28. The number of hydrogen-bond donors (Lipinski definition) is 1. The van der Waals surface area contributed by atoms with Gasteiger partial charge in [0.15, 0.2) is 4.90 Å². The Morgan fingerprint density at radius 3 is 2.36 bits per heavy atom. The minimum Gasteiger partial charge on any atom is -0.611 e. The van der Waals surface area contributed by atoms with E-state index in [1.54, 1.807) is 17.0 Å². The maximum absolute atomic E-state index is 13.4. The summed E-state index contributed by atoms with van der Waals surface area (Å²) in [6, 6.07) is 17.5. The molecule has 33 heavy (non-hydrogen) atoms. The van der Waals surface area contributed by atoms with Gasteiger partial charge in [0.2, 0.25) is 5.91 Å². The molecular formula is C25H30N2O5S. The Balaban J connectivity index is 1.36. The maximum Gasteiger partial charge on any atom is 0.410 e. The van der Waals surface area contributed by atoms with E-state index in [1.165, 1.54) is 4.90 Å². The smallest absolute Gasteiger partial charge is 0.410 e. The van der Waals surface area contributed by atoms with Gasteiger partial charge in [0.1, 0.15) is 24.5 Å². The SMILES string of the molecule is O=C(OCc1ccccc1)N1CCC[C@H]1C(=O)N1CCC[C@H]1C(O)C[S+]([O-])c1ccccc1. The molecule has 2 aromatic carbocycles. The minimum absolute atomic E-state index is 0.0754. The summed E-state index contributed by atoms with van der Waals surface area (Å²) in [4.78, 5) is 30.0. The molecule has 0 aromatic heterocycles. The maximum atomic E-state index is 13.4. The van der Waals surface area contributed by atoms with E-state index in [0.717, 1.165) is 18.4 Å². The fourth-order valence-corrected chi connectivity index (χ4v) is 5.82. The molecule has 4 atom stereocenters. The van der Waals surface area contributed by atoms with Gasteiger partial charge in [-0.15, -0.1) is 0 Å². The lowest BCUT2D eigenvalue weighted by atomic mass is 10.1. The summed E-state index contributed by atoms with van der Waals surface area (Å²) < 4.78 is 18.1. The molecule has 2 fully saturated rings. The van der Waals surface area contributed by atoms with Crippen LogP contribution in [0.3, 0.4) is 0 Å². The summed E-state index contributed by atoms with van der Waals surface area (Å²) in [7, 11) is 0. The number of aliphatic hydroxyl groups excluding tert-OH is 1. The van der Waals surface area contributed by atoms with E-state index < -0.39 is 35.5 Å². The summed E-state index contributed by atoms with van der Waals surface area (Å²) in [6.45, 7) is 1.17. The molecule has 2 aliphatic rings. The van der Waals surface area contributed by atoms with Crippen LogP contribution in [0.25, 0.3) is 0 Å². The number of carbonyl (C=O) groups is 2. The van der Waals surface area contributed by atoms with Gasteiger partial charge in [-0.25, -0.2) is 4.79 Å². The van der Waals surface area contributed by atoms with Crippen LogP contribution in [0.5, 0.6) is 0 Å². The number of ether oxygens (including phenoxy) is 1. The molecule has 176 valence electrons. The Labute approximate surface area is 197 Å². The average Bonchev–Trinajstić information content (AvgIpc) is 3.53. The summed E-state index contributed by atoms with van der Waals surface area (Å²) in [6.07, 6.45) is 1.36. The van der Waals surface area contributed by atoms with Crippen molar-refractivity contribution in [1.82, 2.24) is 9.80 Å². The van der Waals surface area contributed by atoms with Crippen molar-refractivity contribution in [2.75, 3.05) is 18.8 Å². The highest BCUT2D eigenvalue weighted by atomic mass is 32.2. The second kappa shape index (κ2) is 11.0. The topological polar surface area (TPSA) is 93.1 Å². The fourth-order valence-electron chi connectivity index (χ4n) is 4.64. The first-order valence-electron chi connectivity index (χ1n) is 11.4. The monoisotopic (exact) mass is 470 g/mol. The zero-order chi connectivity index (χ0) is 23.2. The van der Waals surface area contributed by atoms with Gasteiger partial charge in [-0.05, 0) is 54.6 Å². The van der Waals surface area contributed by atoms with Crippen LogP contribution in [0, 0.1) is 0 Å². The van der Waals surface area contributed by atoms with Gasteiger partial charge in [-0.3, -0.25) is 9.69 Å². The Bertz CT molecular complexity index is 929. The molecule has 0 saturated carbocycles. The van der Waals surface area contributed by atoms with Crippen molar-refractivity contribution in [3.63, 3.8) is 0 Å². The number of carbonyl (C=O) groups excluding carboxylic acids is 2. The Hall–Kier alpha value is -2.55. The molecule has 0 spiro atoms. The van der Waals surface area contributed by atoms with E-state index in [1.807, 2.05) is 48.5 Å². The molecule has 1 N–H and O–H groups in total. The Morgan fingerprint density at radius 2 is 1.64 bits per heavy atom. The van der Waals surface area contributed by atoms with Gasteiger partial charge >= 0.3 is 6.09 Å². The van der Waals surface area contributed by atoms with Crippen molar-refractivity contribution < 1.29 is 24.0 Å². The van der Waals surface area contributed by atoms with Crippen LogP contribution in [-0.4, -0.2) is 68.5 Å². The third-order valence-corrected chi connectivity index (χ3v) is 7.77. The van der Waals surface area contributed by atoms with Crippen LogP contribution in [0.2, 0.25) is 0 Å². The van der Waals surface area contributed by atoms with Gasteiger partial charge in [0.25, 0.3) is 0 Å². The number of nitrogens with zero attached hydrogens (tertiary/aromatic N) is 2. The number of rotatable bonds is 7. The van der Waals surface area contributed by atoms with E-state index in [9.17, 15) is 19.2 Å². The minimum atomic E-state index is -1.35. The molecule has 8 heteroatoms. The van der Waals surface area contributed by atoms with Gasteiger partial charge in [-0.1, -0.05) is 48.5 Å². The summed E-state index contributed by atoms with van der Waals surface area (Å²) in [5.74, 6) is -0.0809. The molecule has 2 saturated heterocycles. The lowest BCUT2D eigenvalue weighted by molar-refractivity contribution is -0.138. The third-order valence-electron chi connectivity index (χ3n) is 6.33. The van der Waals surface area contributed by atoms with Crippen LogP contribution in [0.1, 0.15) is 31.2 Å². The van der Waals surface area contributed by atoms with Crippen molar-refractivity contribution in [3.05, 3.63) is 66.2 Å². The van der Waals surface area contributed by atoms with Gasteiger partial charge in [0.05, 0.1) is 6.04 Å². The summed E-state index contributed by atoms with van der Waals surface area (Å²) in [5, 5.41) is 10.8. The first kappa shape index (κ1) is 23.6. The van der Waals surface area contributed by atoms with Gasteiger partial charge in [0, 0.05) is 13.1 Å². The molecule has 0 bridgehead atoms. The highest BCUT2D eigenvalue weighted by molar-refractivity contribution is 7.91. The Kier molecular flexibility index (Phi) is 7.90. The van der Waals surface area contributed by atoms with Crippen molar-refractivity contribution in [2.45, 2.75) is 55.4 Å². The van der Waals surface area contributed by atoms with Crippen molar-refractivity contribution in [1.29, 1.82) is 0 Å². The fraction of sp³-hybridized carbons (Fsp3) is 0.440. The lowest BCUT2D eigenvalue weighted by Crippen LogP contribution is -2.52. The van der Waals surface area contributed by atoms with Crippen molar-refractivity contribution >= 4 is 23.2 Å². The normalized spacial score (nSPS) is 22.2. The number of benzene rings is 2. The number of hydrogen-bond acceptors (Lipinski definition) is 5. The van der Waals surface area contributed by atoms with Gasteiger partial charge in [-0.2, -0.15) is 0 Å². The molecule has 2 amide bonds. The molecule has 2 unspecified atom stereocenters. The molecule has 2 aromatic rings. The number of amides is 2. The molecule has 4 rings (SSSR count). The van der Waals surface area contributed by atoms with E-state index >= 15 is 0 Å². The van der Waals surface area contributed by atoms with Gasteiger partial charge < -0.3 is 19.3 Å². The molecule has 0 aliphatic carbocycles. The first-order valence-corrected chi connectivity index (χ1v) is 12.8. The number of likely N-dealkylation sites (tertiary alicyclic amines) is 2. The molecule has 2 heterocycles. The third kappa shape index (κ3) is 5.69. The van der Waals surface area contributed by atoms with E-state index in [0.29, 0.717) is 30.8 Å². The standard InChI is InChI=1S/C25H30N2O5S/c28-23(18-33(31)20-11-5-2-6-12-20)21-13-7-15-26(21)24(29)22-14-8-16-27(22)25(30)32-17-19-9-3-1-4-10-19/h1-6,9-12,21-23,28H,7-8,13-18H2/t21-,22-,23?,33?/m0/s1. The van der Waals surface area contributed by atoms with Crippen LogP contribution in [0.15, 0.2) is 65.6 Å². The van der Waals surface area contributed by atoms with Crippen LogP contribution < -0.4 is 0 Å². The molecule has 2 aliphatic heterocycles. The first-order chi connectivity index (χ1) is 16.0. The zero-order valence-electron chi connectivity index (χ0n) is 18.5. The van der Waals surface area contributed by atoms with Crippen LogP contribution in [0.4, 0.5) is 4.79 Å². The average molecular weight is 471 g/mol. The van der Waals surface area contributed by atoms with Crippen molar-refractivity contribution in [3.8, 4) is 0 Å².